The molecule has 5 nitrogen and oxygen atoms in total. The molecule has 6 heteroatoms. The van der Waals surface area contributed by atoms with E-state index < -0.39 is 5.97 Å². The van der Waals surface area contributed by atoms with Crippen molar-refractivity contribution >= 4 is 21.9 Å². The number of carbonyl (C=O) groups is 1. The molecule has 18 heavy (non-hydrogen) atoms. The largest absolute Gasteiger partial charge is 0.480 e. The minimum Gasteiger partial charge on any atom is -0.480 e. The van der Waals surface area contributed by atoms with E-state index in [1.165, 1.54) is 11.8 Å². The van der Waals surface area contributed by atoms with Crippen molar-refractivity contribution in [3.8, 4) is 5.88 Å². The van der Waals surface area contributed by atoms with Gasteiger partial charge in [-0.05, 0) is 21.5 Å². The molecule has 0 amide bonds. The Hall–Kier alpha value is -1.82. The monoisotopic (exact) mass is 310 g/mol. The number of hydrogen-bond acceptors (Lipinski definition) is 3. The first-order valence-corrected chi connectivity index (χ1v) is 6.00. The van der Waals surface area contributed by atoms with Crippen LogP contribution in [0.15, 0.2) is 34.8 Å². The van der Waals surface area contributed by atoms with Crippen LogP contribution in [-0.2, 0) is 6.54 Å². The average Bonchev–Trinajstić information content (AvgIpc) is 2.67. The Morgan fingerprint density at radius 3 is 2.67 bits per heavy atom. The minimum absolute atomic E-state index is 0.0530. The van der Waals surface area contributed by atoms with Crippen molar-refractivity contribution < 1.29 is 14.6 Å². The number of carboxylic acids is 1. The number of ether oxygens (including phenoxy) is 1. The quantitative estimate of drug-likeness (QED) is 0.942. The summed E-state index contributed by atoms with van der Waals surface area (Å²) >= 11 is 3.19. The van der Waals surface area contributed by atoms with Crippen LogP contribution < -0.4 is 4.74 Å². The van der Waals surface area contributed by atoms with Crippen LogP contribution in [0.25, 0.3) is 0 Å². The molecule has 1 aromatic carbocycles. The van der Waals surface area contributed by atoms with E-state index in [9.17, 15) is 4.79 Å². The van der Waals surface area contributed by atoms with E-state index in [0.29, 0.717) is 16.9 Å². The molecule has 0 atom stereocenters. The second kappa shape index (κ2) is 5.22. The number of methoxy groups -OCH3 is 1. The number of carboxylic acid groups (broad SMARTS) is 1. The number of benzene rings is 1. The molecule has 0 saturated carbocycles. The zero-order valence-corrected chi connectivity index (χ0v) is 11.2. The lowest BCUT2D eigenvalue weighted by molar-refractivity contribution is 0.0688. The molecule has 0 spiro atoms. The molecule has 1 aromatic heterocycles. The molecule has 0 aliphatic carbocycles. The number of hydrogen-bond donors (Lipinski definition) is 1. The van der Waals surface area contributed by atoms with E-state index in [0.717, 1.165) is 5.56 Å². The third-order valence-electron chi connectivity index (χ3n) is 2.42. The molecule has 94 valence electrons. The zero-order chi connectivity index (χ0) is 13.1. The Bertz CT molecular complexity index is 566. The van der Waals surface area contributed by atoms with Crippen molar-refractivity contribution in [2.45, 2.75) is 6.54 Å². The third-order valence-corrected chi connectivity index (χ3v) is 3.14. The lowest BCUT2D eigenvalue weighted by atomic mass is 10.2. The van der Waals surface area contributed by atoms with Crippen LogP contribution in [0.1, 0.15) is 16.1 Å². The van der Waals surface area contributed by atoms with Crippen LogP contribution in [0.4, 0.5) is 0 Å². The van der Waals surface area contributed by atoms with Crippen molar-refractivity contribution in [3.05, 3.63) is 46.1 Å². The smallest absolute Gasteiger partial charge is 0.357 e. The first-order chi connectivity index (χ1) is 8.63. The molecule has 0 aliphatic heterocycles. The highest BCUT2D eigenvalue weighted by Crippen LogP contribution is 2.29. The summed E-state index contributed by atoms with van der Waals surface area (Å²) in [6, 6.07) is 9.63. The average molecular weight is 311 g/mol. The summed E-state index contributed by atoms with van der Waals surface area (Å²) in [5, 5.41) is 13.0. The van der Waals surface area contributed by atoms with Gasteiger partial charge in [-0.25, -0.2) is 9.48 Å². The van der Waals surface area contributed by atoms with E-state index in [4.69, 9.17) is 9.84 Å². The van der Waals surface area contributed by atoms with E-state index in [1.807, 2.05) is 30.3 Å². The fourth-order valence-corrected chi connectivity index (χ4v) is 2.24. The van der Waals surface area contributed by atoms with Gasteiger partial charge >= 0.3 is 5.97 Å². The van der Waals surface area contributed by atoms with Crippen LogP contribution >= 0.6 is 15.9 Å². The predicted molar refractivity (Wildman–Crippen MR) is 69.0 cm³/mol. The Labute approximate surface area is 112 Å². The molecule has 0 aliphatic rings. The number of aromatic nitrogens is 2. The van der Waals surface area contributed by atoms with Crippen LogP contribution in [0.3, 0.4) is 0 Å². The van der Waals surface area contributed by atoms with Crippen LogP contribution in [0.2, 0.25) is 0 Å². The Morgan fingerprint density at radius 1 is 1.44 bits per heavy atom. The van der Waals surface area contributed by atoms with Gasteiger partial charge in [0.15, 0.2) is 5.69 Å². The van der Waals surface area contributed by atoms with E-state index in [1.54, 1.807) is 0 Å². The maximum Gasteiger partial charge on any atom is 0.357 e. The molecule has 0 bridgehead atoms. The van der Waals surface area contributed by atoms with E-state index >= 15 is 0 Å². The molecule has 0 unspecified atom stereocenters. The number of nitrogens with zero attached hydrogens (tertiary/aromatic N) is 2. The van der Waals surface area contributed by atoms with Crippen molar-refractivity contribution in [2.75, 3.05) is 7.11 Å². The highest BCUT2D eigenvalue weighted by atomic mass is 79.9. The Morgan fingerprint density at radius 2 is 2.11 bits per heavy atom. The summed E-state index contributed by atoms with van der Waals surface area (Å²) in [6.45, 7) is 0.454. The van der Waals surface area contributed by atoms with Gasteiger partial charge in [-0.2, -0.15) is 5.10 Å². The van der Waals surface area contributed by atoms with Crippen LogP contribution in [0.5, 0.6) is 5.88 Å². The fourth-order valence-electron chi connectivity index (χ4n) is 1.62. The van der Waals surface area contributed by atoms with E-state index in [2.05, 4.69) is 21.0 Å². The number of halogens is 1. The minimum atomic E-state index is -1.09. The van der Waals surface area contributed by atoms with Gasteiger partial charge in [0, 0.05) is 0 Å². The topological polar surface area (TPSA) is 64.3 Å². The SMILES string of the molecule is COc1c(Br)c(C(=O)O)nn1Cc1ccccc1. The van der Waals surface area contributed by atoms with Crippen molar-refractivity contribution in [1.82, 2.24) is 9.78 Å². The third kappa shape index (κ3) is 2.38. The van der Waals surface area contributed by atoms with E-state index in [-0.39, 0.29) is 5.69 Å². The Kier molecular flexibility index (Phi) is 3.66. The summed E-state index contributed by atoms with van der Waals surface area (Å²) in [5.74, 6) is -0.691. The maximum absolute atomic E-state index is 11.0. The second-order valence-corrected chi connectivity index (χ2v) is 4.41. The number of rotatable bonds is 4. The zero-order valence-electron chi connectivity index (χ0n) is 9.63. The van der Waals surface area contributed by atoms with Gasteiger partial charge in [0.25, 0.3) is 0 Å². The summed E-state index contributed by atoms with van der Waals surface area (Å²) in [6.07, 6.45) is 0. The molecule has 2 aromatic rings. The maximum atomic E-state index is 11.0. The predicted octanol–water partition coefficient (Wildman–Crippen LogP) is 2.40. The highest BCUT2D eigenvalue weighted by Gasteiger charge is 2.21. The van der Waals surface area contributed by atoms with Crippen molar-refractivity contribution in [3.63, 3.8) is 0 Å². The van der Waals surface area contributed by atoms with Gasteiger partial charge in [-0.15, -0.1) is 0 Å². The molecule has 0 radical (unpaired) electrons. The number of aromatic carboxylic acids is 1. The second-order valence-electron chi connectivity index (χ2n) is 3.62. The first kappa shape index (κ1) is 12.6. The lowest BCUT2D eigenvalue weighted by Gasteiger charge is -2.06. The summed E-state index contributed by atoms with van der Waals surface area (Å²) in [7, 11) is 1.48. The fraction of sp³-hybridized carbons (Fsp3) is 0.167. The summed E-state index contributed by atoms with van der Waals surface area (Å²) in [4.78, 5) is 11.0. The van der Waals surface area contributed by atoms with Gasteiger partial charge < -0.3 is 9.84 Å². The van der Waals surface area contributed by atoms with Crippen LogP contribution in [0, 0.1) is 0 Å². The molecule has 2 rings (SSSR count). The highest BCUT2D eigenvalue weighted by molar-refractivity contribution is 9.10. The molecule has 1 N–H and O–H groups in total. The lowest BCUT2D eigenvalue weighted by Crippen LogP contribution is -2.05. The van der Waals surface area contributed by atoms with Crippen molar-refractivity contribution in [1.29, 1.82) is 0 Å². The molecular weight excluding hydrogens is 300 g/mol. The van der Waals surface area contributed by atoms with Crippen LogP contribution in [-0.4, -0.2) is 28.0 Å². The van der Waals surface area contributed by atoms with Gasteiger partial charge in [-0.1, -0.05) is 30.3 Å². The van der Waals surface area contributed by atoms with Gasteiger partial charge in [0.2, 0.25) is 5.88 Å². The molecule has 1 heterocycles. The first-order valence-electron chi connectivity index (χ1n) is 5.21. The molecule has 0 saturated heterocycles. The molecule has 0 fully saturated rings. The summed E-state index contributed by atoms with van der Waals surface area (Å²) < 4.78 is 7.04. The van der Waals surface area contributed by atoms with Gasteiger partial charge in [0.05, 0.1) is 13.7 Å². The normalized spacial score (nSPS) is 10.3. The van der Waals surface area contributed by atoms with Gasteiger partial charge in [0.1, 0.15) is 4.47 Å². The summed E-state index contributed by atoms with van der Waals surface area (Å²) in [5.41, 5.74) is 0.963. The van der Waals surface area contributed by atoms with Crippen molar-refractivity contribution in [2.24, 2.45) is 0 Å². The molecular formula is C12H11BrN2O3. The standard InChI is InChI=1S/C12H11BrN2O3/c1-18-11-9(13)10(12(16)17)14-15(11)7-8-5-3-2-4-6-8/h2-6H,7H2,1H3,(H,16,17). The Balaban J connectivity index is 2.39. The van der Waals surface area contributed by atoms with Gasteiger partial charge in [-0.3, -0.25) is 0 Å².